The monoisotopic (exact) mass is 305 g/mol. The van der Waals surface area contributed by atoms with Crippen molar-refractivity contribution in [2.45, 2.75) is 18.4 Å². The largest absolute Gasteiger partial charge is 0.377 e. The zero-order valence-electron chi connectivity index (χ0n) is 12.8. The Morgan fingerprint density at radius 2 is 2.41 bits per heavy atom. The van der Waals surface area contributed by atoms with Crippen LogP contribution >= 0.6 is 0 Å². The van der Waals surface area contributed by atoms with Crippen LogP contribution in [0, 0.1) is 0 Å². The molecule has 1 amide bonds. The number of rotatable bonds is 3. The first kappa shape index (κ1) is 15.4. The fourth-order valence-electron chi connectivity index (χ4n) is 2.98. The van der Waals surface area contributed by atoms with Crippen molar-refractivity contribution in [1.82, 2.24) is 15.2 Å². The molecule has 3 rings (SSSR count). The van der Waals surface area contributed by atoms with Crippen LogP contribution in [0.1, 0.15) is 12.0 Å². The standard InChI is InChI=1S/C16H23N3O3/c20-15(4-3-14-2-1-5-17-10-14)19-7-9-22-16(12-19)11-18-6-8-21-13-16/h1-2,5,10,18H,3-4,6-9,11-13H2/t16-/m0/s1. The third-order valence-electron chi connectivity index (χ3n) is 4.19. The lowest BCUT2D eigenvalue weighted by Crippen LogP contribution is -2.59. The molecule has 1 spiro atoms. The first-order chi connectivity index (χ1) is 10.8. The molecule has 1 atom stereocenters. The van der Waals surface area contributed by atoms with Crippen molar-refractivity contribution in [2.75, 3.05) is 46.0 Å². The molecule has 3 heterocycles. The highest BCUT2D eigenvalue weighted by Gasteiger charge is 2.39. The minimum Gasteiger partial charge on any atom is -0.377 e. The molecule has 2 aliphatic rings. The maximum Gasteiger partial charge on any atom is 0.223 e. The molecule has 120 valence electrons. The highest BCUT2D eigenvalue weighted by molar-refractivity contribution is 5.76. The molecule has 0 aromatic carbocycles. The lowest BCUT2D eigenvalue weighted by atomic mass is 10.0. The summed E-state index contributed by atoms with van der Waals surface area (Å²) >= 11 is 0. The summed E-state index contributed by atoms with van der Waals surface area (Å²) in [7, 11) is 0. The Kier molecular flexibility index (Phi) is 5.02. The number of amides is 1. The number of ether oxygens (including phenoxy) is 2. The second-order valence-electron chi connectivity index (χ2n) is 5.94. The average molecular weight is 305 g/mol. The van der Waals surface area contributed by atoms with Crippen molar-refractivity contribution >= 4 is 5.91 Å². The van der Waals surface area contributed by atoms with E-state index in [2.05, 4.69) is 10.3 Å². The molecule has 1 aromatic rings. The smallest absolute Gasteiger partial charge is 0.223 e. The molecular formula is C16H23N3O3. The van der Waals surface area contributed by atoms with E-state index in [1.807, 2.05) is 23.2 Å². The summed E-state index contributed by atoms with van der Waals surface area (Å²) in [6, 6.07) is 3.90. The maximum atomic E-state index is 12.5. The number of hydrogen-bond donors (Lipinski definition) is 1. The molecule has 2 fully saturated rings. The molecule has 0 aliphatic carbocycles. The number of hydrogen-bond acceptors (Lipinski definition) is 5. The van der Waals surface area contributed by atoms with E-state index in [-0.39, 0.29) is 5.91 Å². The fraction of sp³-hybridized carbons (Fsp3) is 0.625. The van der Waals surface area contributed by atoms with E-state index >= 15 is 0 Å². The van der Waals surface area contributed by atoms with Crippen LogP contribution in [-0.2, 0) is 20.7 Å². The van der Waals surface area contributed by atoms with Crippen molar-refractivity contribution in [3.63, 3.8) is 0 Å². The quantitative estimate of drug-likeness (QED) is 0.866. The van der Waals surface area contributed by atoms with Crippen LogP contribution in [-0.4, -0.2) is 67.4 Å². The van der Waals surface area contributed by atoms with Crippen LogP contribution in [0.5, 0.6) is 0 Å². The number of aromatic nitrogens is 1. The first-order valence-corrected chi connectivity index (χ1v) is 7.87. The number of nitrogens with zero attached hydrogens (tertiary/aromatic N) is 2. The van der Waals surface area contributed by atoms with Gasteiger partial charge in [-0.3, -0.25) is 9.78 Å². The Hall–Kier alpha value is -1.50. The number of aryl methyl sites for hydroxylation is 1. The van der Waals surface area contributed by atoms with Gasteiger partial charge in [0.1, 0.15) is 5.60 Å². The van der Waals surface area contributed by atoms with Crippen LogP contribution < -0.4 is 5.32 Å². The van der Waals surface area contributed by atoms with Gasteiger partial charge in [0.2, 0.25) is 5.91 Å². The van der Waals surface area contributed by atoms with Gasteiger partial charge in [-0.1, -0.05) is 6.07 Å². The summed E-state index contributed by atoms with van der Waals surface area (Å²) < 4.78 is 11.5. The van der Waals surface area contributed by atoms with Crippen LogP contribution in [0.25, 0.3) is 0 Å². The predicted octanol–water partition coefficient (Wildman–Crippen LogP) is 0.232. The van der Waals surface area contributed by atoms with Gasteiger partial charge in [0.15, 0.2) is 0 Å². The topological polar surface area (TPSA) is 63.7 Å². The highest BCUT2D eigenvalue weighted by atomic mass is 16.5. The second-order valence-corrected chi connectivity index (χ2v) is 5.94. The van der Waals surface area contributed by atoms with Gasteiger partial charge in [-0.05, 0) is 18.1 Å². The van der Waals surface area contributed by atoms with Gasteiger partial charge in [-0.15, -0.1) is 0 Å². The number of nitrogens with one attached hydrogen (secondary N) is 1. The maximum absolute atomic E-state index is 12.5. The van der Waals surface area contributed by atoms with Crippen LogP contribution in [0.4, 0.5) is 0 Å². The molecule has 6 heteroatoms. The number of pyridine rings is 1. The average Bonchev–Trinajstić information content (AvgIpc) is 2.79. The minimum absolute atomic E-state index is 0.177. The van der Waals surface area contributed by atoms with Gasteiger partial charge in [0, 0.05) is 38.4 Å². The van der Waals surface area contributed by atoms with Crippen molar-refractivity contribution in [3.05, 3.63) is 30.1 Å². The molecule has 0 unspecified atom stereocenters. The van der Waals surface area contributed by atoms with Gasteiger partial charge < -0.3 is 19.7 Å². The summed E-state index contributed by atoms with van der Waals surface area (Å²) in [5, 5.41) is 3.33. The Labute approximate surface area is 130 Å². The number of carbonyl (C=O) groups excluding carboxylic acids is 1. The van der Waals surface area contributed by atoms with Crippen molar-refractivity contribution in [3.8, 4) is 0 Å². The van der Waals surface area contributed by atoms with E-state index < -0.39 is 5.60 Å². The fourth-order valence-corrected chi connectivity index (χ4v) is 2.98. The summed E-state index contributed by atoms with van der Waals surface area (Å²) in [6.45, 7) is 4.65. The minimum atomic E-state index is -0.390. The van der Waals surface area contributed by atoms with Gasteiger partial charge in [-0.25, -0.2) is 0 Å². The highest BCUT2D eigenvalue weighted by Crippen LogP contribution is 2.20. The van der Waals surface area contributed by atoms with Crippen molar-refractivity contribution in [1.29, 1.82) is 0 Å². The molecule has 0 bridgehead atoms. The van der Waals surface area contributed by atoms with Gasteiger partial charge >= 0.3 is 0 Å². The third kappa shape index (κ3) is 3.82. The molecule has 2 saturated heterocycles. The molecular weight excluding hydrogens is 282 g/mol. The number of morpholine rings is 1. The summed E-state index contributed by atoms with van der Waals surface area (Å²) in [4.78, 5) is 18.5. The van der Waals surface area contributed by atoms with Gasteiger partial charge in [0.05, 0.1) is 26.4 Å². The third-order valence-corrected chi connectivity index (χ3v) is 4.19. The van der Waals surface area contributed by atoms with Crippen LogP contribution in [0.3, 0.4) is 0 Å². The molecule has 0 radical (unpaired) electrons. The number of carbonyl (C=O) groups is 1. The summed E-state index contributed by atoms with van der Waals surface area (Å²) in [5.74, 6) is 0.177. The molecule has 1 N–H and O–H groups in total. The van der Waals surface area contributed by atoms with E-state index in [9.17, 15) is 4.79 Å². The molecule has 2 aliphatic heterocycles. The lowest BCUT2D eigenvalue weighted by Gasteiger charge is -2.41. The zero-order valence-corrected chi connectivity index (χ0v) is 12.8. The van der Waals surface area contributed by atoms with E-state index in [0.717, 1.165) is 25.1 Å². The van der Waals surface area contributed by atoms with E-state index in [1.165, 1.54) is 0 Å². The second kappa shape index (κ2) is 7.17. The van der Waals surface area contributed by atoms with Crippen molar-refractivity contribution < 1.29 is 14.3 Å². The Balaban J connectivity index is 1.55. The Morgan fingerprint density at radius 3 is 3.27 bits per heavy atom. The Bertz CT molecular complexity index is 487. The predicted molar refractivity (Wildman–Crippen MR) is 81.5 cm³/mol. The molecule has 6 nitrogen and oxygen atoms in total. The summed E-state index contributed by atoms with van der Waals surface area (Å²) in [5.41, 5.74) is 0.705. The zero-order chi connectivity index (χ0) is 15.3. The van der Waals surface area contributed by atoms with Gasteiger partial charge in [-0.2, -0.15) is 0 Å². The van der Waals surface area contributed by atoms with Crippen LogP contribution in [0.2, 0.25) is 0 Å². The van der Waals surface area contributed by atoms with E-state index in [1.54, 1.807) is 6.20 Å². The van der Waals surface area contributed by atoms with Gasteiger partial charge in [0.25, 0.3) is 0 Å². The lowest BCUT2D eigenvalue weighted by molar-refractivity contribution is -0.158. The van der Waals surface area contributed by atoms with Crippen LogP contribution in [0.15, 0.2) is 24.5 Å². The molecule has 1 aromatic heterocycles. The van der Waals surface area contributed by atoms with E-state index in [4.69, 9.17) is 9.47 Å². The van der Waals surface area contributed by atoms with E-state index in [0.29, 0.717) is 39.3 Å². The normalized spacial score (nSPS) is 25.9. The SMILES string of the molecule is O=C(CCc1cccnc1)N1CCO[C@@]2(CNCCOC2)C1. The first-order valence-electron chi connectivity index (χ1n) is 7.87. The molecule has 22 heavy (non-hydrogen) atoms. The molecule has 0 saturated carbocycles. The summed E-state index contributed by atoms with van der Waals surface area (Å²) in [6.07, 6.45) is 4.80. The van der Waals surface area contributed by atoms with Crippen molar-refractivity contribution in [2.24, 2.45) is 0 Å². The Morgan fingerprint density at radius 1 is 1.45 bits per heavy atom.